The molecule has 1 aliphatic carbocycles. The first-order valence-electron chi connectivity index (χ1n) is 8.15. The van der Waals surface area contributed by atoms with Gasteiger partial charge in [-0.1, -0.05) is 12.8 Å². The van der Waals surface area contributed by atoms with Gasteiger partial charge in [0.15, 0.2) is 0 Å². The maximum atomic E-state index is 12.6. The zero-order valence-electron chi connectivity index (χ0n) is 12.8. The molecular formula is C17H19BrN2OS2. The van der Waals surface area contributed by atoms with E-state index in [1.807, 2.05) is 5.38 Å². The lowest BCUT2D eigenvalue weighted by atomic mass is 9.82. The lowest BCUT2D eigenvalue weighted by Gasteiger charge is -2.22. The average Bonchev–Trinajstić information content (AvgIpc) is 3.25. The summed E-state index contributed by atoms with van der Waals surface area (Å²) in [6, 6.07) is 2.08. The summed E-state index contributed by atoms with van der Waals surface area (Å²) < 4.78 is 1.09. The van der Waals surface area contributed by atoms with E-state index in [4.69, 9.17) is 0 Å². The van der Waals surface area contributed by atoms with E-state index in [2.05, 4.69) is 37.3 Å². The minimum atomic E-state index is 0.253. The highest BCUT2D eigenvalue weighted by Crippen LogP contribution is 2.36. The van der Waals surface area contributed by atoms with Gasteiger partial charge in [-0.05, 0) is 46.7 Å². The van der Waals surface area contributed by atoms with E-state index in [1.54, 1.807) is 22.7 Å². The lowest BCUT2D eigenvalue weighted by Crippen LogP contribution is -2.30. The van der Waals surface area contributed by atoms with Crippen LogP contribution in [0.5, 0.6) is 0 Å². The number of halogens is 1. The number of rotatable bonds is 3. The van der Waals surface area contributed by atoms with Gasteiger partial charge in [0, 0.05) is 28.3 Å². The van der Waals surface area contributed by atoms with Crippen molar-refractivity contribution >= 4 is 44.5 Å². The van der Waals surface area contributed by atoms with Crippen molar-refractivity contribution in [2.45, 2.75) is 32.1 Å². The minimum Gasteiger partial charge on any atom is -0.342 e. The molecule has 0 N–H and O–H groups in total. The van der Waals surface area contributed by atoms with Crippen molar-refractivity contribution in [2.24, 2.45) is 11.8 Å². The highest BCUT2D eigenvalue weighted by molar-refractivity contribution is 9.10. The molecule has 0 aromatic carbocycles. The molecule has 2 fully saturated rings. The SMILES string of the molecule is O=C(Cc1csc(-c2cc(Br)cs2)n1)N1C[C@@H]2CCCC[C@H]2C1. The zero-order chi connectivity index (χ0) is 15.8. The second kappa shape index (κ2) is 6.65. The maximum absolute atomic E-state index is 12.6. The third kappa shape index (κ3) is 3.39. The van der Waals surface area contributed by atoms with Crippen LogP contribution in [0.15, 0.2) is 21.3 Å². The highest BCUT2D eigenvalue weighted by Gasteiger charge is 2.36. The van der Waals surface area contributed by atoms with Crippen LogP contribution >= 0.6 is 38.6 Å². The second-order valence-electron chi connectivity index (χ2n) is 6.55. The summed E-state index contributed by atoms with van der Waals surface area (Å²) in [6.45, 7) is 1.94. The fourth-order valence-corrected chi connectivity index (χ4v) is 6.13. The van der Waals surface area contributed by atoms with Crippen molar-refractivity contribution < 1.29 is 4.79 Å². The number of nitrogens with zero attached hydrogens (tertiary/aromatic N) is 2. The molecule has 6 heteroatoms. The van der Waals surface area contributed by atoms with Crippen molar-refractivity contribution in [3.63, 3.8) is 0 Å². The molecule has 0 radical (unpaired) electrons. The fourth-order valence-electron chi connectivity index (χ4n) is 3.80. The van der Waals surface area contributed by atoms with E-state index in [9.17, 15) is 4.79 Å². The van der Waals surface area contributed by atoms with E-state index in [0.29, 0.717) is 6.42 Å². The van der Waals surface area contributed by atoms with Gasteiger partial charge in [-0.15, -0.1) is 22.7 Å². The summed E-state index contributed by atoms with van der Waals surface area (Å²) >= 11 is 6.79. The van der Waals surface area contributed by atoms with Crippen LogP contribution in [0.25, 0.3) is 9.88 Å². The number of aromatic nitrogens is 1. The Kier molecular flexibility index (Phi) is 4.56. The second-order valence-corrected chi connectivity index (χ2v) is 9.24. The number of likely N-dealkylation sites (tertiary alicyclic amines) is 1. The number of thiazole rings is 1. The van der Waals surface area contributed by atoms with E-state index in [1.165, 1.54) is 25.7 Å². The Balaban J connectivity index is 1.40. The molecule has 2 atom stereocenters. The Morgan fingerprint density at radius 2 is 1.96 bits per heavy atom. The molecule has 4 rings (SSSR count). The van der Waals surface area contributed by atoms with Crippen LogP contribution in [0.1, 0.15) is 31.4 Å². The fraction of sp³-hybridized carbons (Fsp3) is 0.529. The smallest absolute Gasteiger partial charge is 0.228 e. The lowest BCUT2D eigenvalue weighted by molar-refractivity contribution is -0.129. The predicted octanol–water partition coefficient (Wildman–Crippen LogP) is 4.83. The van der Waals surface area contributed by atoms with Crippen LogP contribution in [0.2, 0.25) is 0 Å². The minimum absolute atomic E-state index is 0.253. The van der Waals surface area contributed by atoms with Crippen molar-refractivity contribution in [1.82, 2.24) is 9.88 Å². The molecule has 3 heterocycles. The Bertz CT molecular complexity index is 697. The van der Waals surface area contributed by atoms with Gasteiger partial charge in [0.1, 0.15) is 5.01 Å². The van der Waals surface area contributed by atoms with E-state index in [0.717, 1.165) is 45.0 Å². The van der Waals surface area contributed by atoms with Crippen molar-refractivity contribution in [3.8, 4) is 9.88 Å². The van der Waals surface area contributed by atoms with Crippen molar-refractivity contribution in [2.75, 3.05) is 13.1 Å². The maximum Gasteiger partial charge on any atom is 0.228 e. The van der Waals surface area contributed by atoms with Gasteiger partial charge >= 0.3 is 0 Å². The Morgan fingerprint density at radius 1 is 1.22 bits per heavy atom. The number of thiophene rings is 1. The standard InChI is InChI=1S/C17H19BrN2OS2/c18-13-5-15(22-9-13)17-19-14(10-23-17)6-16(21)20-7-11-3-1-2-4-12(11)8-20/h5,9-12H,1-4,6-8H2/t11-,12-/m0/s1. The molecule has 2 aromatic rings. The third-order valence-corrected chi connectivity index (χ3v) is 7.74. The number of hydrogen-bond acceptors (Lipinski definition) is 4. The van der Waals surface area contributed by atoms with Gasteiger partial charge in [0.2, 0.25) is 5.91 Å². The molecule has 122 valence electrons. The van der Waals surface area contributed by atoms with Gasteiger partial charge in [-0.2, -0.15) is 0 Å². The molecule has 0 bridgehead atoms. The largest absolute Gasteiger partial charge is 0.342 e. The Hall–Kier alpha value is -0.720. The topological polar surface area (TPSA) is 33.2 Å². The van der Waals surface area contributed by atoms with Crippen LogP contribution < -0.4 is 0 Å². The molecule has 0 unspecified atom stereocenters. The summed E-state index contributed by atoms with van der Waals surface area (Å²) in [5.74, 6) is 1.76. The molecule has 0 spiro atoms. The van der Waals surface area contributed by atoms with Crippen LogP contribution in [0.4, 0.5) is 0 Å². The van der Waals surface area contributed by atoms with Gasteiger partial charge in [-0.3, -0.25) is 4.79 Å². The van der Waals surface area contributed by atoms with Crippen LogP contribution in [-0.4, -0.2) is 28.9 Å². The molecular weight excluding hydrogens is 392 g/mol. The molecule has 1 saturated heterocycles. The molecule has 1 aliphatic heterocycles. The highest BCUT2D eigenvalue weighted by atomic mass is 79.9. The molecule has 3 nitrogen and oxygen atoms in total. The van der Waals surface area contributed by atoms with Gasteiger partial charge in [-0.25, -0.2) is 4.98 Å². The summed E-state index contributed by atoms with van der Waals surface area (Å²) in [5, 5.41) is 5.11. The summed E-state index contributed by atoms with van der Waals surface area (Å²) in [4.78, 5) is 20.5. The molecule has 2 aliphatic rings. The van der Waals surface area contributed by atoms with E-state index in [-0.39, 0.29) is 5.91 Å². The molecule has 1 amide bonds. The van der Waals surface area contributed by atoms with Gasteiger partial charge < -0.3 is 4.90 Å². The quantitative estimate of drug-likeness (QED) is 0.725. The summed E-state index contributed by atoms with van der Waals surface area (Å²) in [7, 11) is 0. The first kappa shape index (κ1) is 15.8. The number of amides is 1. The molecule has 1 saturated carbocycles. The van der Waals surface area contributed by atoms with Crippen molar-refractivity contribution in [1.29, 1.82) is 0 Å². The monoisotopic (exact) mass is 410 g/mol. The number of carbonyl (C=O) groups is 1. The molecule has 2 aromatic heterocycles. The van der Waals surface area contributed by atoms with Crippen LogP contribution in [0, 0.1) is 11.8 Å². The van der Waals surface area contributed by atoms with Crippen molar-refractivity contribution in [3.05, 3.63) is 27.0 Å². The van der Waals surface area contributed by atoms with E-state index < -0.39 is 0 Å². The molecule has 23 heavy (non-hydrogen) atoms. The normalized spacial score (nSPS) is 24.0. The average molecular weight is 411 g/mol. The van der Waals surface area contributed by atoms with Gasteiger partial charge in [0.25, 0.3) is 0 Å². The predicted molar refractivity (Wildman–Crippen MR) is 98.9 cm³/mol. The number of fused-ring (bicyclic) bond motifs is 1. The number of hydrogen-bond donors (Lipinski definition) is 0. The Morgan fingerprint density at radius 3 is 2.61 bits per heavy atom. The summed E-state index contributed by atoms with van der Waals surface area (Å²) in [6.07, 6.45) is 5.75. The number of carbonyl (C=O) groups excluding carboxylic acids is 1. The first-order chi connectivity index (χ1) is 11.2. The summed E-state index contributed by atoms with van der Waals surface area (Å²) in [5.41, 5.74) is 0.911. The van der Waals surface area contributed by atoms with Gasteiger partial charge in [0.05, 0.1) is 17.0 Å². The van der Waals surface area contributed by atoms with E-state index >= 15 is 0 Å². The zero-order valence-corrected chi connectivity index (χ0v) is 16.1. The third-order valence-electron chi connectivity index (χ3n) is 4.99. The first-order valence-corrected chi connectivity index (χ1v) is 10.7. The van der Waals surface area contributed by atoms with Crippen LogP contribution in [0.3, 0.4) is 0 Å². The Labute approximate surface area is 152 Å². The van der Waals surface area contributed by atoms with Crippen LogP contribution in [-0.2, 0) is 11.2 Å².